The quantitative estimate of drug-likeness (QED) is 0.414. The summed E-state index contributed by atoms with van der Waals surface area (Å²) in [5.74, 6) is -0.274. The molecule has 0 saturated heterocycles. The Labute approximate surface area is 180 Å². The van der Waals surface area contributed by atoms with Gasteiger partial charge < -0.3 is 9.73 Å². The molecule has 158 valence electrons. The van der Waals surface area contributed by atoms with Crippen molar-refractivity contribution in [3.8, 4) is 11.5 Å². The minimum atomic E-state index is -3.95. The summed E-state index contributed by atoms with van der Waals surface area (Å²) in [6, 6.07) is 21.4. The SMILES string of the molecule is Cc1ccc(S(=O)(=O)c2nc(-c3ccc(F)cc3)oc2NC(C)c2ccccc2)cc1. The Morgan fingerprint density at radius 3 is 2.23 bits per heavy atom. The summed E-state index contributed by atoms with van der Waals surface area (Å²) in [6.07, 6.45) is 0. The van der Waals surface area contributed by atoms with Crippen molar-refractivity contribution in [3.05, 3.63) is 95.8 Å². The van der Waals surface area contributed by atoms with Crippen molar-refractivity contribution in [2.45, 2.75) is 29.8 Å². The molecule has 1 aromatic heterocycles. The zero-order valence-corrected chi connectivity index (χ0v) is 17.9. The Morgan fingerprint density at radius 1 is 0.935 bits per heavy atom. The smallest absolute Gasteiger partial charge is 0.234 e. The number of anilines is 1. The lowest BCUT2D eigenvalue weighted by Gasteiger charge is -2.14. The van der Waals surface area contributed by atoms with Gasteiger partial charge in [0.15, 0.2) is 0 Å². The van der Waals surface area contributed by atoms with Crippen LogP contribution in [0.2, 0.25) is 0 Å². The standard InChI is InChI=1S/C24H21FN2O3S/c1-16-8-14-21(15-9-16)31(28,29)24-23(26-17(2)18-6-4-3-5-7-18)30-22(27-24)19-10-12-20(25)13-11-19/h3-15,17,26H,1-2H3. The van der Waals surface area contributed by atoms with Gasteiger partial charge >= 0.3 is 0 Å². The molecule has 3 aromatic carbocycles. The number of hydrogen-bond acceptors (Lipinski definition) is 5. The fourth-order valence-corrected chi connectivity index (χ4v) is 4.41. The monoisotopic (exact) mass is 436 g/mol. The third-order valence-electron chi connectivity index (χ3n) is 4.92. The molecule has 0 amide bonds. The maximum absolute atomic E-state index is 13.4. The maximum atomic E-state index is 13.4. The van der Waals surface area contributed by atoms with E-state index in [0.717, 1.165) is 11.1 Å². The molecule has 0 aliphatic heterocycles. The molecule has 0 bridgehead atoms. The van der Waals surface area contributed by atoms with E-state index in [1.54, 1.807) is 24.3 Å². The van der Waals surface area contributed by atoms with Gasteiger partial charge in [-0.05, 0) is 55.8 Å². The zero-order valence-electron chi connectivity index (χ0n) is 17.0. The Bertz CT molecular complexity index is 1280. The van der Waals surface area contributed by atoms with Crippen molar-refractivity contribution in [1.29, 1.82) is 0 Å². The Kier molecular flexibility index (Phi) is 5.61. The highest BCUT2D eigenvalue weighted by Gasteiger charge is 2.29. The van der Waals surface area contributed by atoms with Crippen LogP contribution >= 0.6 is 0 Å². The number of halogens is 1. The molecule has 1 atom stereocenters. The van der Waals surface area contributed by atoms with Crippen LogP contribution in [-0.4, -0.2) is 13.4 Å². The lowest BCUT2D eigenvalue weighted by molar-refractivity contribution is 0.570. The van der Waals surface area contributed by atoms with Crippen molar-refractivity contribution in [2.75, 3.05) is 5.32 Å². The second-order valence-corrected chi connectivity index (χ2v) is 9.12. The minimum absolute atomic E-state index is 0.0382. The van der Waals surface area contributed by atoms with Crippen LogP contribution in [0.5, 0.6) is 0 Å². The van der Waals surface area contributed by atoms with E-state index in [0.29, 0.717) is 5.56 Å². The molecule has 4 aromatic rings. The van der Waals surface area contributed by atoms with E-state index in [-0.39, 0.29) is 27.7 Å². The first-order chi connectivity index (χ1) is 14.8. The predicted octanol–water partition coefficient (Wildman–Crippen LogP) is 5.80. The van der Waals surface area contributed by atoms with E-state index in [4.69, 9.17) is 4.42 Å². The van der Waals surface area contributed by atoms with Gasteiger partial charge in [0.05, 0.1) is 10.9 Å². The first-order valence-corrected chi connectivity index (χ1v) is 11.2. The number of aromatic nitrogens is 1. The zero-order chi connectivity index (χ0) is 22.0. The second-order valence-electron chi connectivity index (χ2n) is 7.25. The summed E-state index contributed by atoms with van der Waals surface area (Å²) >= 11 is 0. The first kappa shape index (κ1) is 20.8. The molecule has 0 radical (unpaired) electrons. The van der Waals surface area contributed by atoms with Crippen molar-refractivity contribution in [3.63, 3.8) is 0 Å². The third kappa shape index (κ3) is 4.36. The molecule has 0 aliphatic carbocycles. The molecular formula is C24H21FN2O3S. The van der Waals surface area contributed by atoms with Crippen LogP contribution in [0.1, 0.15) is 24.1 Å². The molecule has 1 unspecified atom stereocenters. The van der Waals surface area contributed by atoms with E-state index in [2.05, 4.69) is 10.3 Å². The van der Waals surface area contributed by atoms with Crippen LogP contribution in [0.15, 0.2) is 93.2 Å². The summed E-state index contributed by atoms with van der Waals surface area (Å²) in [7, 11) is -3.95. The Hall–Kier alpha value is -3.45. The van der Waals surface area contributed by atoms with Gasteiger partial charge in [-0.15, -0.1) is 0 Å². The van der Waals surface area contributed by atoms with Gasteiger partial charge in [-0.25, -0.2) is 12.8 Å². The van der Waals surface area contributed by atoms with E-state index in [1.165, 1.54) is 24.3 Å². The van der Waals surface area contributed by atoms with Gasteiger partial charge in [-0.2, -0.15) is 4.98 Å². The Balaban J connectivity index is 1.80. The van der Waals surface area contributed by atoms with Crippen LogP contribution in [-0.2, 0) is 9.84 Å². The molecule has 5 nitrogen and oxygen atoms in total. The molecule has 7 heteroatoms. The summed E-state index contributed by atoms with van der Waals surface area (Å²) in [5, 5.41) is 2.92. The summed E-state index contributed by atoms with van der Waals surface area (Å²) in [4.78, 5) is 4.41. The van der Waals surface area contributed by atoms with Crippen LogP contribution in [0, 0.1) is 12.7 Å². The topological polar surface area (TPSA) is 72.2 Å². The van der Waals surface area contributed by atoms with Crippen molar-refractivity contribution in [1.82, 2.24) is 4.98 Å². The summed E-state index contributed by atoms with van der Waals surface area (Å²) in [6.45, 7) is 3.78. The maximum Gasteiger partial charge on any atom is 0.234 e. The normalized spacial score (nSPS) is 12.5. The van der Waals surface area contributed by atoms with E-state index in [9.17, 15) is 12.8 Å². The predicted molar refractivity (Wildman–Crippen MR) is 117 cm³/mol. The van der Waals surface area contributed by atoms with E-state index < -0.39 is 15.7 Å². The molecule has 0 saturated carbocycles. The number of sulfone groups is 1. The molecule has 0 aliphatic rings. The fourth-order valence-electron chi connectivity index (χ4n) is 3.15. The van der Waals surface area contributed by atoms with Gasteiger partial charge in [0.25, 0.3) is 0 Å². The van der Waals surface area contributed by atoms with Crippen LogP contribution in [0.25, 0.3) is 11.5 Å². The molecule has 31 heavy (non-hydrogen) atoms. The molecule has 1 heterocycles. The Morgan fingerprint density at radius 2 is 1.58 bits per heavy atom. The molecule has 0 spiro atoms. The van der Waals surface area contributed by atoms with Crippen LogP contribution < -0.4 is 5.32 Å². The number of rotatable bonds is 6. The largest absolute Gasteiger partial charge is 0.419 e. The minimum Gasteiger partial charge on any atom is -0.419 e. The van der Waals surface area contributed by atoms with Gasteiger partial charge in [0.1, 0.15) is 5.82 Å². The third-order valence-corrected chi connectivity index (χ3v) is 6.60. The second kappa shape index (κ2) is 8.35. The van der Waals surface area contributed by atoms with E-state index >= 15 is 0 Å². The summed E-state index contributed by atoms with van der Waals surface area (Å²) in [5.41, 5.74) is 2.38. The van der Waals surface area contributed by atoms with Gasteiger partial charge in [0.2, 0.25) is 26.6 Å². The van der Waals surface area contributed by atoms with Gasteiger partial charge in [0, 0.05) is 5.56 Å². The van der Waals surface area contributed by atoms with Crippen LogP contribution in [0.4, 0.5) is 10.3 Å². The van der Waals surface area contributed by atoms with Gasteiger partial charge in [-0.3, -0.25) is 0 Å². The highest BCUT2D eigenvalue weighted by molar-refractivity contribution is 7.91. The molecule has 4 rings (SSSR count). The first-order valence-electron chi connectivity index (χ1n) is 9.74. The van der Waals surface area contributed by atoms with E-state index in [1.807, 2.05) is 44.2 Å². The highest BCUT2D eigenvalue weighted by atomic mass is 32.2. The van der Waals surface area contributed by atoms with Gasteiger partial charge in [-0.1, -0.05) is 48.0 Å². The molecular weight excluding hydrogens is 415 g/mol. The number of oxazole rings is 1. The molecule has 1 N–H and O–H groups in total. The average Bonchev–Trinajstić information content (AvgIpc) is 3.20. The average molecular weight is 437 g/mol. The number of nitrogens with zero attached hydrogens (tertiary/aromatic N) is 1. The lowest BCUT2D eigenvalue weighted by atomic mass is 10.1. The number of nitrogens with one attached hydrogen (secondary N) is 1. The van der Waals surface area contributed by atoms with Crippen LogP contribution in [0.3, 0.4) is 0 Å². The van der Waals surface area contributed by atoms with Crippen molar-refractivity contribution in [2.24, 2.45) is 0 Å². The summed E-state index contributed by atoms with van der Waals surface area (Å²) < 4.78 is 45.9. The van der Waals surface area contributed by atoms with Crippen molar-refractivity contribution < 1.29 is 17.2 Å². The number of aryl methyl sites for hydroxylation is 1. The lowest BCUT2D eigenvalue weighted by Crippen LogP contribution is -2.10. The highest BCUT2D eigenvalue weighted by Crippen LogP contribution is 2.34. The number of benzene rings is 3. The fraction of sp³-hybridized carbons (Fsp3) is 0.125. The number of hydrogen-bond donors (Lipinski definition) is 1. The molecule has 0 fully saturated rings. The van der Waals surface area contributed by atoms with Crippen molar-refractivity contribution >= 4 is 15.7 Å².